The van der Waals surface area contributed by atoms with Crippen LogP contribution in [-0.4, -0.2) is 21.8 Å². The first kappa shape index (κ1) is 14.2. The first-order valence-electron chi connectivity index (χ1n) is 6.17. The van der Waals surface area contributed by atoms with Crippen LogP contribution in [0.4, 0.5) is 0 Å². The van der Waals surface area contributed by atoms with Crippen LogP contribution < -0.4 is 5.19 Å². The molecule has 0 aliphatic heterocycles. The van der Waals surface area contributed by atoms with Gasteiger partial charge in [0, 0.05) is 18.8 Å². The van der Waals surface area contributed by atoms with Crippen molar-refractivity contribution in [2.75, 3.05) is 13.2 Å². The molecule has 0 aromatic heterocycles. The van der Waals surface area contributed by atoms with Gasteiger partial charge < -0.3 is 8.85 Å². The normalized spacial score (nSPS) is 13.4. The molecule has 1 atom stereocenters. The van der Waals surface area contributed by atoms with Crippen molar-refractivity contribution in [3.63, 3.8) is 0 Å². The average molecular weight is 250 g/mol. The molecule has 0 N–H and O–H groups in total. The van der Waals surface area contributed by atoms with Crippen LogP contribution in [0.3, 0.4) is 0 Å². The van der Waals surface area contributed by atoms with E-state index < -0.39 is 8.56 Å². The highest BCUT2D eigenvalue weighted by atomic mass is 28.4. The number of hydrogen-bond acceptors (Lipinski definition) is 2. The van der Waals surface area contributed by atoms with Crippen LogP contribution in [0.5, 0.6) is 0 Å². The lowest BCUT2D eigenvalue weighted by Gasteiger charge is -2.34. The summed E-state index contributed by atoms with van der Waals surface area (Å²) in [6.07, 6.45) is 1.94. The van der Waals surface area contributed by atoms with Crippen molar-refractivity contribution in [3.05, 3.63) is 43.0 Å². The Kier molecular flexibility index (Phi) is 5.61. The minimum absolute atomic E-state index is 0.227. The number of benzene rings is 1. The average Bonchev–Trinajstić information content (AvgIpc) is 2.38. The molecule has 0 amide bonds. The van der Waals surface area contributed by atoms with Gasteiger partial charge in [-0.3, -0.25) is 0 Å². The molecule has 0 heterocycles. The van der Waals surface area contributed by atoms with Crippen LogP contribution >= 0.6 is 0 Å². The maximum Gasteiger partial charge on any atom is 0.379 e. The predicted octanol–water partition coefficient (Wildman–Crippen LogP) is 2.98. The minimum Gasteiger partial charge on any atom is -0.391 e. The zero-order chi connectivity index (χ0) is 12.7. The molecule has 1 aromatic carbocycles. The standard InChI is InChI=1S/C14H22O2Si/c1-5-13(4)17(15-6-2,16-7-3)14-11-9-8-10-12-14/h5,8-13H,1,6-7H2,2-4H3. The van der Waals surface area contributed by atoms with E-state index in [4.69, 9.17) is 8.85 Å². The fourth-order valence-corrected chi connectivity index (χ4v) is 5.28. The first-order valence-corrected chi connectivity index (χ1v) is 8.06. The smallest absolute Gasteiger partial charge is 0.379 e. The molecule has 0 aliphatic rings. The second kappa shape index (κ2) is 6.74. The topological polar surface area (TPSA) is 18.5 Å². The third kappa shape index (κ3) is 3.06. The molecule has 17 heavy (non-hydrogen) atoms. The highest BCUT2D eigenvalue weighted by molar-refractivity contribution is 6.82. The lowest BCUT2D eigenvalue weighted by atomic mass is 10.4. The third-order valence-corrected chi connectivity index (χ3v) is 6.85. The van der Waals surface area contributed by atoms with Gasteiger partial charge in [-0.1, -0.05) is 43.3 Å². The largest absolute Gasteiger partial charge is 0.391 e. The van der Waals surface area contributed by atoms with Crippen LogP contribution in [0.15, 0.2) is 43.0 Å². The van der Waals surface area contributed by atoms with Gasteiger partial charge in [0.1, 0.15) is 0 Å². The van der Waals surface area contributed by atoms with Crippen molar-refractivity contribution in [3.8, 4) is 0 Å². The Morgan fingerprint density at radius 1 is 1.18 bits per heavy atom. The Hall–Kier alpha value is -0.903. The Bertz CT molecular complexity index is 331. The molecule has 3 heteroatoms. The van der Waals surface area contributed by atoms with Crippen molar-refractivity contribution in [2.45, 2.75) is 26.3 Å². The van der Waals surface area contributed by atoms with Crippen molar-refractivity contribution in [1.82, 2.24) is 0 Å². The van der Waals surface area contributed by atoms with Gasteiger partial charge >= 0.3 is 8.56 Å². The Labute approximate surface area is 106 Å². The molecule has 1 unspecified atom stereocenters. The lowest BCUT2D eigenvalue weighted by Crippen LogP contribution is -2.56. The molecule has 0 radical (unpaired) electrons. The van der Waals surface area contributed by atoms with Gasteiger partial charge in [-0.05, 0) is 19.0 Å². The summed E-state index contributed by atoms with van der Waals surface area (Å²) in [6.45, 7) is 11.4. The van der Waals surface area contributed by atoms with Crippen molar-refractivity contribution in [2.24, 2.45) is 0 Å². The molecule has 0 spiro atoms. The van der Waals surface area contributed by atoms with Gasteiger partial charge in [-0.25, -0.2) is 0 Å². The minimum atomic E-state index is -2.39. The zero-order valence-corrected chi connectivity index (χ0v) is 12.0. The lowest BCUT2D eigenvalue weighted by molar-refractivity contribution is 0.191. The summed E-state index contributed by atoms with van der Waals surface area (Å²) in [6, 6.07) is 10.3. The van der Waals surface area contributed by atoms with E-state index in [-0.39, 0.29) is 5.54 Å². The molecule has 0 saturated heterocycles. The van der Waals surface area contributed by atoms with Crippen molar-refractivity contribution >= 4 is 13.7 Å². The summed E-state index contributed by atoms with van der Waals surface area (Å²) >= 11 is 0. The number of allylic oxidation sites excluding steroid dienone is 1. The van der Waals surface area contributed by atoms with Gasteiger partial charge in [0.05, 0.1) is 0 Å². The number of rotatable bonds is 7. The van der Waals surface area contributed by atoms with Gasteiger partial charge in [-0.2, -0.15) is 0 Å². The second-order valence-electron chi connectivity index (χ2n) is 3.92. The molecule has 1 aromatic rings. The molecular weight excluding hydrogens is 228 g/mol. The van der Waals surface area contributed by atoms with Crippen molar-refractivity contribution < 1.29 is 8.85 Å². The molecule has 0 saturated carbocycles. The summed E-state index contributed by atoms with van der Waals surface area (Å²) < 4.78 is 12.1. The third-order valence-electron chi connectivity index (χ3n) is 2.85. The van der Waals surface area contributed by atoms with E-state index in [1.54, 1.807) is 0 Å². The Morgan fingerprint density at radius 2 is 1.71 bits per heavy atom. The molecule has 0 bridgehead atoms. The molecule has 2 nitrogen and oxygen atoms in total. The summed E-state index contributed by atoms with van der Waals surface area (Å²) in [5.41, 5.74) is 0.227. The summed E-state index contributed by atoms with van der Waals surface area (Å²) in [5, 5.41) is 1.18. The monoisotopic (exact) mass is 250 g/mol. The Balaban J connectivity index is 3.18. The van der Waals surface area contributed by atoms with Crippen LogP contribution in [0, 0.1) is 0 Å². The quantitative estimate of drug-likeness (QED) is 0.547. The van der Waals surface area contributed by atoms with Gasteiger partial charge in [0.25, 0.3) is 0 Å². The highest BCUT2D eigenvalue weighted by Crippen LogP contribution is 2.25. The van der Waals surface area contributed by atoms with E-state index in [1.165, 1.54) is 5.19 Å². The fourth-order valence-electron chi connectivity index (χ4n) is 1.99. The summed E-state index contributed by atoms with van der Waals surface area (Å²) in [5.74, 6) is 0. The zero-order valence-electron chi connectivity index (χ0n) is 11.0. The van der Waals surface area contributed by atoms with E-state index in [1.807, 2.05) is 38.1 Å². The van der Waals surface area contributed by atoms with Crippen LogP contribution in [0.1, 0.15) is 20.8 Å². The van der Waals surface area contributed by atoms with E-state index in [0.717, 1.165) is 0 Å². The van der Waals surface area contributed by atoms with Gasteiger partial charge in [0.2, 0.25) is 0 Å². The van der Waals surface area contributed by atoms with Crippen LogP contribution in [-0.2, 0) is 8.85 Å². The van der Waals surface area contributed by atoms with E-state index in [9.17, 15) is 0 Å². The summed E-state index contributed by atoms with van der Waals surface area (Å²) in [7, 11) is -2.39. The number of hydrogen-bond donors (Lipinski definition) is 0. The summed E-state index contributed by atoms with van der Waals surface area (Å²) in [4.78, 5) is 0. The molecule has 94 valence electrons. The first-order chi connectivity index (χ1) is 8.21. The Morgan fingerprint density at radius 3 is 2.12 bits per heavy atom. The van der Waals surface area contributed by atoms with E-state index >= 15 is 0 Å². The van der Waals surface area contributed by atoms with E-state index in [2.05, 4.69) is 25.6 Å². The second-order valence-corrected chi connectivity index (χ2v) is 7.32. The molecule has 0 aliphatic carbocycles. The molecule has 0 fully saturated rings. The van der Waals surface area contributed by atoms with E-state index in [0.29, 0.717) is 13.2 Å². The van der Waals surface area contributed by atoms with Crippen LogP contribution in [0.2, 0.25) is 5.54 Å². The molecule has 1 rings (SSSR count). The van der Waals surface area contributed by atoms with Gasteiger partial charge in [-0.15, -0.1) is 6.58 Å². The van der Waals surface area contributed by atoms with Crippen LogP contribution in [0.25, 0.3) is 0 Å². The van der Waals surface area contributed by atoms with Crippen molar-refractivity contribution in [1.29, 1.82) is 0 Å². The van der Waals surface area contributed by atoms with Gasteiger partial charge in [0.15, 0.2) is 0 Å². The maximum atomic E-state index is 6.05. The highest BCUT2D eigenvalue weighted by Gasteiger charge is 2.44. The fraction of sp³-hybridized carbons (Fsp3) is 0.429. The predicted molar refractivity (Wildman–Crippen MR) is 74.7 cm³/mol. The maximum absolute atomic E-state index is 6.05. The molecular formula is C14H22O2Si. The SMILES string of the molecule is C=CC(C)[Si](OCC)(OCC)c1ccccc1.